The van der Waals surface area contributed by atoms with Crippen molar-refractivity contribution in [2.45, 2.75) is 13.0 Å². The molecule has 3 rings (SSSR count). The normalized spacial score (nSPS) is 14.1. The van der Waals surface area contributed by atoms with Gasteiger partial charge in [0.25, 0.3) is 0 Å². The maximum Gasteiger partial charge on any atom is 0.232 e. The molecule has 0 aromatic heterocycles. The van der Waals surface area contributed by atoms with E-state index in [2.05, 4.69) is 5.32 Å². The van der Waals surface area contributed by atoms with E-state index in [1.165, 1.54) is 6.07 Å². The number of benzene rings is 2. The first-order valence-corrected chi connectivity index (χ1v) is 9.20. The Morgan fingerprint density at radius 1 is 1.00 bits per heavy atom. The molecule has 0 saturated carbocycles. The Morgan fingerprint density at radius 2 is 1.67 bits per heavy atom. The topological polar surface area (TPSA) is 52.7 Å². The Bertz CT molecular complexity index is 822. The fourth-order valence-corrected chi connectivity index (χ4v) is 3.25. The number of anilines is 1. The number of para-hydroxylation sites is 1. The van der Waals surface area contributed by atoms with E-state index in [9.17, 15) is 14.0 Å². The number of hydrogen-bond donors (Lipinski definition) is 1. The van der Waals surface area contributed by atoms with Gasteiger partial charge in [-0.25, -0.2) is 4.39 Å². The number of piperazine rings is 1. The molecule has 0 aliphatic carbocycles. The molecular formula is C20H21ClFN3O2. The molecule has 7 heteroatoms. The molecule has 1 fully saturated rings. The van der Waals surface area contributed by atoms with Crippen LogP contribution in [0.5, 0.6) is 0 Å². The van der Waals surface area contributed by atoms with E-state index in [1.807, 2.05) is 23.1 Å². The first-order chi connectivity index (χ1) is 13.0. The highest BCUT2D eigenvalue weighted by atomic mass is 35.5. The van der Waals surface area contributed by atoms with Gasteiger partial charge in [0.2, 0.25) is 11.8 Å². The quantitative estimate of drug-likeness (QED) is 0.800. The van der Waals surface area contributed by atoms with Crippen molar-refractivity contribution in [1.82, 2.24) is 10.2 Å². The smallest absolute Gasteiger partial charge is 0.232 e. The van der Waals surface area contributed by atoms with Crippen LogP contribution in [0.2, 0.25) is 5.02 Å². The second-order valence-corrected chi connectivity index (χ2v) is 6.77. The maximum absolute atomic E-state index is 13.9. The van der Waals surface area contributed by atoms with Crippen molar-refractivity contribution in [2.75, 3.05) is 31.1 Å². The number of amides is 2. The van der Waals surface area contributed by atoms with Crippen LogP contribution < -0.4 is 10.2 Å². The summed E-state index contributed by atoms with van der Waals surface area (Å²) >= 11 is 6.05. The Morgan fingerprint density at radius 3 is 2.37 bits per heavy atom. The summed E-state index contributed by atoms with van der Waals surface area (Å²) in [5.41, 5.74) is 1.35. The van der Waals surface area contributed by atoms with Crippen molar-refractivity contribution in [3.63, 3.8) is 0 Å². The monoisotopic (exact) mass is 389 g/mol. The molecule has 0 unspecified atom stereocenters. The van der Waals surface area contributed by atoms with Crippen LogP contribution >= 0.6 is 11.6 Å². The van der Waals surface area contributed by atoms with Crippen LogP contribution in [0.4, 0.5) is 10.1 Å². The van der Waals surface area contributed by atoms with Crippen molar-refractivity contribution >= 4 is 29.1 Å². The van der Waals surface area contributed by atoms with E-state index in [4.69, 9.17) is 11.6 Å². The zero-order chi connectivity index (χ0) is 19.2. The summed E-state index contributed by atoms with van der Waals surface area (Å²) in [4.78, 5) is 28.0. The van der Waals surface area contributed by atoms with Crippen molar-refractivity contribution < 1.29 is 14.0 Å². The lowest BCUT2D eigenvalue weighted by atomic mass is 10.2. The summed E-state index contributed by atoms with van der Waals surface area (Å²) in [5, 5.41) is 3.30. The van der Waals surface area contributed by atoms with E-state index < -0.39 is 0 Å². The lowest BCUT2D eigenvalue weighted by Crippen LogP contribution is -2.49. The molecule has 1 N–H and O–H groups in total. The van der Waals surface area contributed by atoms with Crippen LogP contribution in [0.15, 0.2) is 48.5 Å². The van der Waals surface area contributed by atoms with Gasteiger partial charge in [-0.1, -0.05) is 41.9 Å². The third-order valence-electron chi connectivity index (χ3n) is 4.57. The van der Waals surface area contributed by atoms with Gasteiger partial charge in [-0.15, -0.1) is 0 Å². The average molecular weight is 390 g/mol. The number of carbonyl (C=O) groups is 2. The molecule has 2 aromatic rings. The molecule has 1 heterocycles. The van der Waals surface area contributed by atoms with Crippen LogP contribution in [0.1, 0.15) is 12.0 Å². The van der Waals surface area contributed by atoms with Crippen molar-refractivity contribution in [3.05, 3.63) is 64.9 Å². The minimum atomic E-state index is -0.337. The summed E-state index contributed by atoms with van der Waals surface area (Å²) in [7, 11) is 0. The summed E-state index contributed by atoms with van der Waals surface area (Å²) in [6, 6.07) is 13.8. The molecule has 5 nitrogen and oxygen atoms in total. The molecule has 0 bridgehead atoms. The number of rotatable bonds is 5. The van der Waals surface area contributed by atoms with Gasteiger partial charge in [0.05, 0.1) is 5.69 Å². The molecule has 1 aliphatic rings. The Labute approximate surface area is 162 Å². The van der Waals surface area contributed by atoms with Crippen molar-refractivity contribution in [2.24, 2.45) is 0 Å². The number of hydrogen-bond acceptors (Lipinski definition) is 3. The number of halogens is 2. The molecule has 2 aromatic carbocycles. The molecule has 0 radical (unpaired) electrons. The SMILES string of the molecule is O=C(CC(=O)N1CCN(c2ccccc2F)CC1)NCc1ccccc1Cl. The van der Waals surface area contributed by atoms with Crippen LogP contribution in [0.3, 0.4) is 0 Å². The summed E-state index contributed by atoms with van der Waals surface area (Å²) < 4.78 is 13.9. The van der Waals surface area contributed by atoms with Crippen molar-refractivity contribution in [1.29, 1.82) is 0 Å². The summed E-state index contributed by atoms with van der Waals surface area (Å²) in [5.74, 6) is -0.826. The molecule has 0 spiro atoms. The standard InChI is InChI=1S/C20H21ClFN3O2/c21-16-6-2-1-5-15(16)14-23-19(26)13-20(27)25-11-9-24(10-12-25)18-8-4-3-7-17(18)22/h1-8H,9-14H2,(H,23,26). The number of nitrogens with zero attached hydrogens (tertiary/aromatic N) is 2. The third-order valence-corrected chi connectivity index (χ3v) is 4.94. The zero-order valence-electron chi connectivity index (χ0n) is 14.8. The highest BCUT2D eigenvalue weighted by molar-refractivity contribution is 6.31. The number of carbonyl (C=O) groups excluding carboxylic acids is 2. The lowest BCUT2D eigenvalue weighted by molar-refractivity contribution is -0.136. The van der Waals surface area contributed by atoms with Gasteiger partial charge in [-0.3, -0.25) is 9.59 Å². The predicted octanol–water partition coefficient (Wildman–Crippen LogP) is 2.83. The second-order valence-electron chi connectivity index (χ2n) is 6.36. The van der Waals surface area contributed by atoms with Crippen LogP contribution in [-0.4, -0.2) is 42.9 Å². The van der Waals surface area contributed by atoms with Gasteiger partial charge in [0.15, 0.2) is 0 Å². The Hall–Kier alpha value is -2.60. The van der Waals surface area contributed by atoms with Crippen LogP contribution in [-0.2, 0) is 16.1 Å². The van der Waals surface area contributed by atoms with Crippen LogP contribution in [0, 0.1) is 5.82 Å². The lowest BCUT2D eigenvalue weighted by Gasteiger charge is -2.36. The Kier molecular flexibility index (Phi) is 6.29. The molecule has 27 heavy (non-hydrogen) atoms. The average Bonchev–Trinajstić information content (AvgIpc) is 2.68. The van der Waals surface area contributed by atoms with Crippen molar-refractivity contribution in [3.8, 4) is 0 Å². The zero-order valence-corrected chi connectivity index (χ0v) is 15.6. The highest BCUT2D eigenvalue weighted by Crippen LogP contribution is 2.20. The maximum atomic E-state index is 13.9. The molecule has 0 atom stereocenters. The first-order valence-electron chi connectivity index (χ1n) is 8.82. The molecule has 142 valence electrons. The van der Waals surface area contributed by atoms with Gasteiger partial charge in [-0.2, -0.15) is 0 Å². The minimum absolute atomic E-state index is 0.204. The number of nitrogens with one attached hydrogen (secondary N) is 1. The van der Waals surface area contributed by atoms with E-state index in [-0.39, 0.29) is 30.6 Å². The molecule has 1 saturated heterocycles. The summed E-state index contributed by atoms with van der Waals surface area (Å²) in [6.07, 6.45) is -0.204. The second kappa shape index (κ2) is 8.86. The largest absolute Gasteiger partial charge is 0.366 e. The van der Waals surface area contributed by atoms with E-state index >= 15 is 0 Å². The highest BCUT2D eigenvalue weighted by Gasteiger charge is 2.24. The van der Waals surface area contributed by atoms with Gasteiger partial charge >= 0.3 is 0 Å². The van der Waals surface area contributed by atoms with Gasteiger partial charge < -0.3 is 15.1 Å². The van der Waals surface area contributed by atoms with Gasteiger partial charge in [-0.05, 0) is 23.8 Å². The van der Waals surface area contributed by atoms with Gasteiger partial charge in [0.1, 0.15) is 12.2 Å². The fourth-order valence-electron chi connectivity index (χ4n) is 3.05. The van der Waals surface area contributed by atoms with E-state index in [0.717, 1.165) is 5.56 Å². The summed E-state index contributed by atoms with van der Waals surface area (Å²) in [6.45, 7) is 2.28. The van der Waals surface area contributed by atoms with E-state index in [0.29, 0.717) is 36.9 Å². The molecule has 1 aliphatic heterocycles. The minimum Gasteiger partial charge on any atom is -0.366 e. The molecular weight excluding hydrogens is 369 g/mol. The first kappa shape index (κ1) is 19.2. The van der Waals surface area contributed by atoms with E-state index in [1.54, 1.807) is 29.2 Å². The Balaban J connectivity index is 1.46. The fraction of sp³-hybridized carbons (Fsp3) is 0.300. The third kappa shape index (κ3) is 4.98. The predicted molar refractivity (Wildman–Crippen MR) is 103 cm³/mol. The van der Waals surface area contributed by atoms with Gasteiger partial charge in [0, 0.05) is 37.7 Å². The van der Waals surface area contributed by atoms with Crippen LogP contribution in [0.25, 0.3) is 0 Å². The molecule has 2 amide bonds.